The molecule has 1 aliphatic rings. The van der Waals surface area contributed by atoms with Gasteiger partial charge in [-0.25, -0.2) is 4.98 Å². The van der Waals surface area contributed by atoms with Crippen molar-refractivity contribution in [3.05, 3.63) is 53.8 Å². The van der Waals surface area contributed by atoms with Gasteiger partial charge in [0.25, 0.3) is 5.89 Å². The zero-order chi connectivity index (χ0) is 19.6. The molecule has 0 saturated carbocycles. The number of hydrogen-bond acceptors (Lipinski definition) is 6. The molecular formula is C21H20ClN5O2. The Balaban J connectivity index is 1.34. The number of morpholine rings is 1. The first-order valence-corrected chi connectivity index (χ1v) is 9.99. The number of nitrogens with zero attached hydrogens (tertiary/aromatic N) is 5. The third-order valence-corrected chi connectivity index (χ3v) is 5.41. The minimum absolute atomic E-state index is 0.466. The second kappa shape index (κ2) is 7.94. The molecule has 1 aliphatic heterocycles. The van der Waals surface area contributed by atoms with Gasteiger partial charge in [0.2, 0.25) is 5.82 Å². The number of benzene rings is 2. The molecule has 8 heteroatoms. The molecule has 0 amide bonds. The van der Waals surface area contributed by atoms with Gasteiger partial charge in [-0.3, -0.25) is 4.90 Å². The molecule has 5 rings (SSSR count). The fraction of sp³-hybridized carbons (Fsp3) is 0.286. The lowest BCUT2D eigenvalue weighted by Crippen LogP contribution is -2.38. The van der Waals surface area contributed by atoms with Gasteiger partial charge >= 0.3 is 0 Å². The topological polar surface area (TPSA) is 69.2 Å². The Morgan fingerprint density at radius 2 is 1.76 bits per heavy atom. The van der Waals surface area contributed by atoms with Crippen LogP contribution in [-0.2, 0) is 11.3 Å². The highest BCUT2D eigenvalue weighted by Gasteiger charge is 2.14. The van der Waals surface area contributed by atoms with Crippen LogP contribution in [0.2, 0.25) is 5.02 Å². The third kappa shape index (κ3) is 3.89. The van der Waals surface area contributed by atoms with E-state index in [9.17, 15) is 0 Å². The van der Waals surface area contributed by atoms with Crippen LogP contribution in [0.1, 0.15) is 0 Å². The van der Waals surface area contributed by atoms with E-state index in [1.54, 1.807) is 12.1 Å². The Kier molecular flexibility index (Phi) is 5.01. The summed E-state index contributed by atoms with van der Waals surface area (Å²) in [6.07, 6.45) is 1.89. The average molecular weight is 410 g/mol. The van der Waals surface area contributed by atoms with Gasteiger partial charge in [-0.05, 0) is 42.5 Å². The van der Waals surface area contributed by atoms with E-state index in [2.05, 4.69) is 30.7 Å². The number of aromatic nitrogens is 4. The van der Waals surface area contributed by atoms with Gasteiger partial charge in [0.1, 0.15) is 0 Å². The van der Waals surface area contributed by atoms with Crippen molar-refractivity contribution in [2.75, 3.05) is 32.8 Å². The largest absolute Gasteiger partial charge is 0.379 e. The van der Waals surface area contributed by atoms with Gasteiger partial charge in [0.05, 0.1) is 30.6 Å². The second-order valence-corrected chi connectivity index (χ2v) is 7.46. The third-order valence-electron chi connectivity index (χ3n) is 5.16. The monoisotopic (exact) mass is 409 g/mol. The van der Waals surface area contributed by atoms with Gasteiger partial charge in [0.15, 0.2) is 0 Å². The summed E-state index contributed by atoms with van der Waals surface area (Å²) >= 11 is 5.94. The number of imidazole rings is 1. The fourth-order valence-electron chi connectivity index (χ4n) is 3.51. The maximum Gasteiger partial charge on any atom is 0.258 e. The molecule has 7 nitrogen and oxygen atoms in total. The lowest BCUT2D eigenvalue weighted by Gasteiger charge is -2.26. The van der Waals surface area contributed by atoms with Crippen molar-refractivity contribution in [2.24, 2.45) is 0 Å². The highest BCUT2D eigenvalue weighted by molar-refractivity contribution is 6.30. The van der Waals surface area contributed by atoms with Crippen molar-refractivity contribution in [3.8, 4) is 22.8 Å². The first kappa shape index (κ1) is 18.3. The normalized spacial score (nSPS) is 15.2. The molecule has 148 valence electrons. The standard InChI is InChI=1S/C21H20ClN5O2/c22-17-4-1-15(2-5-17)21-24-20(25-29-21)16-3-6-19-18(13-16)23-14-27(19)8-7-26-9-11-28-12-10-26/h1-6,13-14H,7-12H2. The quantitative estimate of drug-likeness (QED) is 0.500. The van der Waals surface area contributed by atoms with Crippen LogP contribution in [0.3, 0.4) is 0 Å². The Morgan fingerprint density at radius 3 is 2.59 bits per heavy atom. The van der Waals surface area contributed by atoms with E-state index in [4.69, 9.17) is 20.9 Å². The predicted molar refractivity (Wildman–Crippen MR) is 111 cm³/mol. The van der Waals surface area contributed by atoms with Gasteiger partial charge in [-0.1, -0.05) is 16.8 Å². The Morgan fingerprint density at radius 1 is 0.966 bits per heavy atom. The zero-order valence-corrected chi connectivity index (χ0v) is 16.5. The second-order valence-electron chi connectivity index (χ2n) is 7.03. The molecule has 0 bridgehead atoms. The lowest BCUT2D eigenvalue weighted by atomic mass is 10.2. The average Bonchev–Trinajstić information content (AvgIpc) is 3.41. The van der Waals surface area contributed by atoms with E-state index < -0.39 is 0 Å². The van der Waals surface area contributed by atoms with Crippen LogP contribution in [0, 0.1) is 0 Å². The van der Waals surface area contributed by atoms with Crippen LogP contribution in [-0.4, -0.2) is 57.4 Å². The highest BCUT2D eigenvalue weighted by atomic mass is 35.5. The molecule has 1 saturated heterocycles. The molecule has 2 aromatic heterocycles. The van der Waals surface area contributed by atoms with Gasteiger partial charge in [-0.15, -0.1) is 0 Å². The maximum absolute atomic E-state index is 5.94. The molecular weight excluding hydrogens is 390 g/mol. The van der Waals surface area contributed by atoms with Crippen molar-refractivity contribution < 1.29 is 9.26 Å². The Bertz CT molecular complexity index is 1120. The summed E-state index contributed by atoms with van der Waals surface area (Å²) in [6, 6.07) is 13.4. The summed E-state index contributed by atoms with van der Waals surface area (Å²) in [5.74, 6) is 1.01. The number of halogens is 1. The zero-order valence-electron chi connectivity index (χ0n) is 15.8. The van der Waals surface area contributed by atoms with E-state index >= 15 is 0 Å². The smallest absolute Gasteiger partial charge is 0.258 e. The lowest BCUT2D eigenvalue weighted by molar-refractivity contribution is 0.0365. The fourth-order valence-corrected chi connectivity index (χ4v) is 3.63. The van der Waals surface area contributed by atoms with Crippen molar-refractivity contribution in [1.29, 1.82) is 0 Å². The van der Waals surface area contributed by atoms with Gasteiger partial charge < -0.3 is 13.8 Å². The number of hydrogen-bond donors (Lipinski definition) is 0. The van der Waals surface area contributed by atoms with Crippen LogP contribution in [0.15, 0.2) is 53.3 Å². The van der Waals surface area contributed by atoms with Crippen molar-refractivity contribution in [3.63, 3.8) is 0 Å². The van der Waals surface area contributed by atoms with Crippen LogP contribution in [0.5, 0.6) is 0 Å². The first-order chi connectivity index (χ1) is 14.3. The molecule has 0 aliphatic carbocycles. The number of rotatable bonds is 5. The molecule has 0 radical (unpaired) electrons. The molecule has 0 spiro atoms. The molecule has 2 aromatic carbocycles. The molecule has 0 N–H and O–H groups in total. The Hall–Kier alpha value is -2.74. The number of ether oxygens (including phenoxy) is 1. The van der Waals surface area contributed by atoms with E-state index in [1.165, 1.54) is 0 Å². The molecule has 1 fully saturated rings. The van der Waals surface area contributed by atoms with E-state index in [0.29, 0.717) is 16.7 Å². The van der Waals surface area contributed by atoms with E-state index in [1.807, 2.05) is 30.6 Å². The maximum atomic E-state index is 5.94. The summed E-state index contributed by atoms with van der Waals surface area (Å²) < 4.78 is 13.0. The van der Waals surface area contributed by atoms with Gasteiger partial charge in [-0.2, -0.15) is 4.98 Å². The molecule has 0 atom stereocenters. The van der Waals surface area contributed by atoms with Crippen LogP contribution < -0.4 is 0 Å². The molecule has 4 aromatic rings. The molecule has 29 heavy (non-hydrogen) atoms. The van der Waals surface area contributed by atoms with Crippen molar-refractivity contribution in [1.82, 2.24) is 24.6 Å². The summed E-state index contributed by atoms with van der Waals surface area (Å²) in [4.78, 5) is 11.5. The summed E-state index contributed by atoms with van der Waals surface area (Å²) in [6.45, 7) is 5.51. The first-order valence-electron chi connectivity index (χ1n) is 9.61. The Labute approximate surface area is 172 Å². The minimum atomic E-state index is 0.466. The van der Waals surface area contributed by atoms with Crippen LogP contribution >= 0.6 is 11.6 Å². The van der Waals surface area contributed by atoms with Crippen LogP contribution in [0.25, 0.3) is 33.9 Å². The predicted octanol–water partition coefficient (Wildman–Crippen LogP) is 3.74. The van der Waals surface area contributed by atoms with Crippen molar-refractivity contribution >= 4 is 22.6 Å². The van der Waals surface area contributed by atoms with Crippen molar-refractivity contribution in [2.45, 2.75) is 6.54 Å². The summed E-state index contributed by atoms with van der Waals surface area (Å²) in [5.41, 5.74) is 3.73. The SMILES string of the molecule is Clc1ccc(-c2nc(-c3ccc4c(c3)ncn4CCN3CCOCC3)no2)cc1. The van der Waals surface area contributed by atoms with Crippen LogP contribution in [0.4, 0.5) is 0 Å². The summed E-state index contributed by atoms with van der Waals surface area (Å²) in [5, 5.41) is 4.79. The molecule has 3 heterocycles. The highest BCUT2D eigenvalue weighted by Crippen LogP contribution is 2.25. The minimum Gasteiger partial charge on any atom is -0.379 e. The summed E-state index contributed by atoms with van der Waals surface area (Å²) in [7, 11) is 0. The van der Waals surface area contributed by atoms with Gasteiger partial charge in [0, 0.05) is 42.3 Å². The number of fused-ring (bicyclic) bond motifs is 1. The molecule has 0 unspecified atom stereocenters. The van der Waals surface area contributed by atoms with E-state index in [0.717, 1.165) is 61.6 Å². The van der Waals surface area contributed by atoms with E-state index in [-0.39, 0.29) is 0 Å².